The summed E-state index contributed by atoms with van der Waals surface area (Å²) in [6.07, 6.45) is 0. The van der Waals surface area contributed by atoms with Crippen LogP contribution >= 0.6 is 23.2 Å². The molecule has 0 aliphatic rings. The van der Waals surface area contributed by atoms with Crippen molar-refractivity contribution < 1.29 is 8.42 Å². The average molecular weight is 345 g/mol. The second-order valence-electron chi connectivity index (χ2n) is 4.65. The van der Waals surface area contributed by atoms with E-state index in [4.69, 9.17) is 28.9 Å². The first kappa shape index (κ1) is 15.9. The minimum absolute atomic E-state index is 0.0542. The summed E-state index contributed by atoms with van der Waals surface area (Å²) in [4.78, 5) is 0.0542. The number of hydrogen-bond donors (Lipinski definition) is 2. The Morgan fingerprint density at radius 3 is 2.33 bits per heavy atom. The summed E-state index contributed by atoms with van der Waals surface area (Å²) >= 11 is 11.9. The van der Waals surface area contributed by atoms with Gasteiger partial charge in [0.15, 0.2) is 0 Å². The van der Waals surface area contributed by atoms with Gasteiger partial charge in [-0.1, -0.05) is 41.4 Å². The largest absolute Gasteiger partial charge is 0.397 e. The molecule has 7 heteroatoms. The molecular formula is C14H14Cl2N2O2S. The highest BCUT2D eigenvalue weighted by molar-refractivity contribution is 7.93. The van der Waals surface area contributed by atoms with Crippen molar-refractivity contribution in [3.8, 4) is 0 Å². The summed E-state index contributed by atoms with van der Waals surface area (Å²) in [5.74, 6) is 0. The third-order valence-corrected chi connectivity index (χ3v) is 5.46. The average Bonchev–Trinajstić information content (AvgIpc) is 2.39. The SMILES string of the molecule is Cc1ccc(C)c(S(=O)(=O)Nc2cccc(Cl)c2Cl)c1N. The maximum atomic E-state index is 12.6. The van der Waals surface area contributed by atoms with E-state index in [1.165, 1.54) is 6.07 Å². The molecule has 112 valence electrons. The van der Waals surface area contributed by atoms with Crippen LogP contribution < -0.4 is 10.5 Å². The Balaban J connectivity index is 2.54. The molecule has 0 aliphatic carbocycles. The fourth-order valence-electron chi connectivity index (χ4n) is 1.94. The summed E-state index contributed by atoms with van der Waals surface area (Å²) in [6.45, 7) is 3.43. The number of benzene rings is 2. The van der Waals surface area contributed by atoms with Gasteiger partial charge in [-0.15, -0.1) is 0 Å². The van der Waals surface area contributed by atoms with Crippen molar-refractivity contribution in [1.82, 2.24) is 0 Å². The predicted molar refractivity (Wildman–Crippen MR) is 87.6 cm³/mol. The Labute approximate surface area is 133 Å². The van der Waals surface area contributed by atoms with Crippen molar-refractivity contribution >= 4 is 44.6 Å². The molecule has 0 aromatic heterocycles. The first-order valence-electron chi connectivity index (χ1n) is 6.06. The van der Waals surface area contributed by atoms with Gasteiger partial charge in [0.05, 0.1) is 21.4 Å². The summed E-state index contributed by atoms with van der Waals surface area (Å²) in [5, 5.41) is 0.414. The molecule has 21 heavy (non-hydrogen) atoms. The second kappa shape index (κ2) is 5.75. The second-order valence-corrected chi connectivity index (χ2v) is 7.05. The lowest BCUT2D eigenvalue weighted by molar-refractivity contribution is 0.601. The zero-order chi connectivity index (χ0) is 15.8. The molecule has 0 unspecified atom stereocenters. The molecule has 2 aromatic carbocycles. The van der Waals surface area contributed by atoms with Gasteiger partial charge < -0.3 is 5.73 Å². The molecule has 3 N–H and O–H groups in total. The molecule has 0 fully saturated rings. The maximum absolute atomic E-state index is 12.6. The van der Waals surface area contributed by atoms with Crippen LogP contribution in [0.1, 0.15) is 11.1 Å². The number of anilines is 2. The predicted octanol–water partition coefficient (Wildman–Crippen LogP) is 3.99. The molecule has 0 saturated carbocycles. The van der Waals surface area contributed by atoms with Crippen molar-refractivity contribution in [1.29, 1.82) is 0 Å². The van der Waals surface area contributed by atoms with Crippen LogP contribution in [0.5, 0.6) is 0 Å². The van der Waals surface area contributed by atoms with Crippen LogP contribution in [-0.4, -0.2) is 8.42 Å². The minimum atomic E-state index is -3.85. The topological polar surface area (TPSA) is 72.2 Å². The van der Waals surface area contributed by atoms with Crippen LogP contribution in [0.25, 0.3) is 0 Å². The van der Waals surface area contributed by atoms with E-state index in [-0.39, 0.29) is 26.3 Å². The van der Waals surface area contributed by atoms with E-state index in [9.17, 15) is 8.42 Å². The van der Waals surface area contributed by atoms with Gasteiger partial charge in [-0.25, -0.2) is 8.42 Å². The van der Waals surface area contributed by atoms with Crippen molar-refractivity contribution in [2.75, 3.05) is 10.5 Å². The third-order valence-electron chi connectivity index (χ3n) is 3.08. The summed E-state index contributed by atoms with van der Waals surface area (Å²) in [7, 11) is -3.85. The van der Waals surface area contributed by atoms with E-state index < -0.39 is 10.0 Å². The van der Waals surface area contributed by atoms with Crippen LogP contribution in [-0.2, 0) is 10.0 Å². The summed E-state index contributed by atoms with van der Waals surface area (Å²) < 4.78 is 27.6. The van der Waals surface area contributed by atoms with Gasteiger partial charge in [0.25, 0.3) is 10.0 Å². The lowest BCUT2D eigenvalue weighted by Crippen LogP contribution is -2.17. The number of nitrogens with two attached hydrogens (primary N) is 1. The number of aryl methyl sites for hydroxylation is 2. The smallest absolute Gasteiger partial charge is 0.264 e. The molecular weight excluding hydrogens is 331 g/mol. The molecule has 0 radical (unpaired) electrons. The van der Waals surface area contributed by atoms with Crippen molar-refractivity contribution in [2.45, 2.75) is 18.7 Å². The quantitative estimate of drug-likeness (QED) is 0.826. The Morgan fingerprint density at radius 2 is 1.67 bits per heavy atom. The molecule has 0 amide bonds. The highest BCUT2D eigenvalue weighted by Gasteiger charge is 2.22. The molecule has 0 aliphatic heterocycles. The minimum Gasteiger partial charge on any atom is -0.397 e. The zero-order valence-corrected chi connectivity index (χ0v) is 13.8. The lowest BCUT2D eigenvalue weighted by Gasteiger charge is -2.15. The fraction of sp³-hybridized carbons (Fsp3) is 0.143. The molecule has 0 bridgehead atoms. The van der Waals surface area contributed by atoms with Gasteiger partial charge >= 0.3 is 0 Å². The van der Waals surface area contributed by atoms with E-state index in [2.05, 4.69) is 4.72 Å². The van der Waals surface area contributed by atoms with Gasteiger partial charge in [-0.05, 0) is 37.1 Å². The van der Waals surface area contributed by atoms with Gasteiger partial charge in [-0.3, -0.25) is 4.72 Å². The highest BCUT2D eigenvalue weighted by atomic mass is 35.5. The molecule has 4 nitrogen and oxygen atoms in total. The summed E-state index contributed by atoms with van der Waals surface area (Å²) in [5.41, 5.74) is 7.60. The van der Waals surface area contributed by atoms with Crippen molar-refractivity contribution in [3.63, 3.8) is 0 Å². The Kier molecular flexibility index (Phi) is 4.37. The number of nitrogens with one attached hydrogen (secondary N) is 1. The Morgan fingerprint density at radius 1 is 1.05 bits per heavy atom. The van der Waals surface area contributed by atoms with Crippen molar-refractivity contribution in [2.24, 2.45) is 0 Å². The molecule has 0 saturated heterocycles. The van der Waals surface area contributed by atoms with E-state index >= 15 is 0 Å². The number of hydrogen-bond acceptors (Lipinski definition) is 3. The van der Waals surface area contributed by atoms with Crippen molar-refractivity contribution in [3.05, 3.63) is 51.5 Å². The third kappa shape index (κ3) is 3.10. The van der Waals surface area contributed by atoms with Crippen LogP contribution in [0, 0.1) is 13.8 Å². The van der Waals surface area contributed by atoms with E-state index in [0.717, 1.165) is 0 Å². The fourth-order valence-corrected chi connectivity index (χ4v) is 3.85. The molecule has 2 rings (SSSR count). The van der Waals surface area contributed by atoms with Gasteiger partial charge in [0.2, 0.25) is 0 Å². The van der Waals surface area contributed by atoms with Gasteiger partial charge in [-0.2, -0.15) is 0 Å². The Hall–Kier alpha value is -1.43. The van der Waals surface area contributed by atoms with Gasteiger partial charge in [0.1, 0.15) is 4.90 Å². The number of halogens is 2. The summed E-state index contributed by atoms with van der Waals surface area (Å²) in [6, 6.07) is 8.20. The van der Waals surface area contributed by atoms with E-state index in [1.807, 2.05) is 0 Å². The Bertz CT molecular complexity index is 805. The zero-order valence-electron chi connectivity index (χ0n) is 11.4. The number of rotatable bonds is 3. The van der Waals surface area contributed by atoms with E-state index in [0.29, 0.717) is 11.1 Å². The van der Waals surface area contributed by atoms with Crippen LogP contribution in [0.4, 0.5) is 11.4 Å². The first-order valence-corrected chi connectivity index (χ1v) is 8.30. The number of nitrogen functional groups attached to an aromatic ring is 1. The standard InChI is InChI=1S/C14H14Cl2N2O2S/c1-8-6-7-9(2)14(13(8)17)21(19,20)18-11-5-3-4-10(15)12(11)16/h3-7,18H,17H2,1-2H3. The normalized spacial score (nSPS) is 11.4. The molecule has 2 aromatic rings. The van der Waals surface area contributed by atoms with Crippen LogP contribution in [0.15, 0.2) is 35.2 Å². The lowest BCUT2D eigenvalue weighted by atomic mass is 10.1. The van der Waals surface area contributed by atoms with Crippen LogP contribution in [0.2, 0.25) is 10.0 Å². The highest BCUT2D eigenvalue weighted by Crippen LogP contribution is 2.33. The number of sulfonamides is 1. The monoisotopic (exact) mass is 344 g/mol. The van der Waals surface area contributed by atoms with E-state index in [1.54, 1.807) is 38.1 Å². The molecule has 0 heterocycles. The molecule has 0 spiro atoms. The molecule has 0 atom stereocenters. The van der Waals surface area contributed by atoms with Crippen LogP contribution in [0.3, 0.4) is 0 Å². The van der Waals surface area contributed by atoms with Gasteiger partial charge in [0, 0.05) is 0 Å². The first-order chi connectivity index (χ1) is 9.74. The maximum Gasteiger partial charge on any atom is 0.264 e.